The normalized spacial score (nSPS) is 21.9. The molecule has 8 heteroatoms. The molecule has 2 unspecified atom stereocenters. The van der Waals surface area contributed by atoms with Gasteiger partial charge in [0.15, 0.2) is 11.5 Å². The van der Waals surface area contributed by atoms with E-state index >= 15 is 0 Å². The Bertz CT molecular complexity index is 1500. The lowest BCUT2D eigenvalue weighted by molar-refractivity contribution is -0.118. The van der Waals surface area contributed by atoms with E-state index < -0.39 is 15.4 Å². The van der Waals surface area contributed by atoms with Crippen molar-refractivity contribution >= 4 is 21.6 Å². The molecule has 0 aromatic heterocycles. The molecule has 0 bridgehead atoms. The van der Waals surface area contributed by atoms with Gasteiger partial charge in [-0.1, -0.05) is 24.3 Å². The lowest BCUT2D eigenvalue weighted by Gasteiger charge is -2.25. The fraction of sp³-hybridized carbons (Fsp3) is 0.367. The summed E-state index contributed by atoms with van der Waals surface area (Å²) in [6.45, 7) is 6.15. The number of rotatable bonds is 6. The topological polar surface area (TPSA) is 84.9 Å². The lowest BCUT2D eigenvalue weighted by atomic mass is 9.94. The van der Waals surface area contributed by atoms with Crippen LogP contribution in [0.25, 0.3) is 11.1 Å². The summed E-state index contributed by atoms with van der Waals surface area (Å²) in [5, 5.41) is 3.12. The summed E-state index contributed by atoms with van der Waals surface area (Å²) in [5.41, 5.74) is 3.97. The van der Waals surface area contributed by atoms with Crippen molar-refractivity contribution in [3.63, 3.8) is 0 Å². The van der Waals surface area contributed by atoms with Crippen molar-refractivity contribution in [2.45, 2.75) is 68.8 Å². The van der Waals surface area contributed by atoms with E-state index in [1.807, 2.05) is 69.3 Å². The van der Waals surface area contributed by atoms with E-state index in [0.29, 0.717) is 22.1 Å². The van der Waals surface area contributed by atoms with Crippen molar-refractivity contribution in [3.8, 4) is 22.6 Å². The second kappa shape index (κ2) is 9.13. The summed E-state index contributed by atoms with van der Waals surface area (Å²) in [5.74, 6) is 1.34. The Hall–Kier alpha value is -3.36. The van der Waals surface area contributed by atoms with Gasteiger partial charge in [-0.2, -0.15) is 4.31 Å². The van der Waals surface area contributed by atoms with Crippen LogP contribution in [0.4, 0.5) is 5.69 Å². The highest BCUT2D eigenvalue weighted by molar-refractivity contribution is 7.89. The molecule has 0 spiro atoms. The first kappa shape index (κ1) is 24.9. The average molecular weight is 533 g/mol. The number of hydrogen-bond acceptors (Lipinski definition) is 5. The van der Waals surface area contributed by atoms with Crippen LogP contribution in [-0.4, -0.2) is 37.5 Å². The monoisotopic (exact) mass is 532 g/mol. The van der Waals surface area contributed by atoms with E-state index in [4.69, 9.17) is 9.47 Å². The largest absolute Gasteiger partial charge is 0.454 e. The second-order valence-corrected chi connectivity index (χ2v) is 12.6. The standard InChI is InChI=1S/C30H32N2O5S/c1-19-4-10-24(31-29(33)30(14-15-30)23-9-13-27-28(16-23)37-18-36-27)17-26(19)22-7-11-25(12-8-22)38(34,35)32-20(2)5-6-21(32)3/h4,7-13,16-17,20-21H,5-6,14-15,18H2,1-3H3,(H,31,33). The van der Waals surface area contributed by atoms with Gasteiger partial charge >= 0.3 is 0 Å². The molecule has 2 atom stereocenters. The Kier molecular flexibility index (Phi) is 6.00. The molecule has 6 rings (SSSR count). The summed E-state index contributed by atoms with van der Waals surface area (Å²) < 4.78 is 39.1. The van der Waals surface area contributed by atoms with Crippen LogP contribution in [0.3, 0.4) is 0 Å². The summed E-state index contributed by atoms with van der Waals surface area (Å²) in [4.78, 5) is 13.7. The number of amides is 1. The van der Waals surface area contributed by atoms with Crippen molar-refractivity contribution in [3.05, 3.63) is 71.8 Å². The minimum atomic E-state index is -3.55. The Morgan fingerprint density at radius 1 is 0.921 bits per heavy atom. The van der Waals surface area contributed by atoms with Crippen LogP contribution in [0.15, 0.2) is 65.6 Å². The molecule has 3 aromatic rings. The van der Waals surface area contributed by atoms with Crippen molar-refractivity contribution in [1.82, 2.24) is 4.31 Å². The summed E-state index contributed by atoms with van der Waals surface area (Å²) >= 11 is 0. The molecule has 7 nitrogen and oxygen atoms in total. The number of nitrogens with zero attached hydrogens (tertiary/aromatic N) is 1. The molecule has 1 aliphatic carbocycles. The van der Waals surface area contributed by atoms with E-state index in [2.05, 4.69) is 5.32 Å². The van der Waals surface area contributed by atoms with Gasteiger partial charge in [-0.25, -0.2) is 8.42 Å². The van der Waals surface area contributed by atoms with Crippen LogP contribution in [0.1, 0.15) is 50.7 Å². The molecule has 0 radical (unpaired) electrons. The number of benzene rings is 3. The number of carbonyl (C=O) groups is 1. The van der Waals surface area contributed by atoms with Gasteiger partial charge in [-0.05, 0) is 105 Å². The maximum Gasteiger partial charge on any atom is 0.243 e. The first-order chi connectivity index (χ1) is 18.2. The van der Waals surface area contributed by atoms with Crippen LogP contribution in [0.2, 0.25) is 0 Å². The molecule has 38 heavy (non-hydrogen) atoms. The molecule has 3 aliphatic rings. The van der Waals surface area contributed by atoms with Gasteiger partial charge in [0.1, 0.15) is 0 Å². The third-order valence-electron chi connectivity index (χ3n) is 8.22. The molecular weight excluding hydrogens is 500 g/mol. The zero-order valence-electron chi connectivity index (χ0n) is 21.9. The SMILES string of the molecule is Cc1ccc(NC(=O)C2(c3ccc4c(c3)OCO4)CC2)cc1-c1ccc(S(=O)(=O)N2C(C)CCC2C)cc1. The van der Waals surface area contributed by atoms with Crippen molar-refractivity contribution < 1.29 is 22.7 Å². The third kappa shape index (κ3) is 4.16. The lowest BCUT2D eigenvalue weighted by Crippen LogP contribution is -2.38. The second-order valence-electron chi connectivity index (χ2n) is 10.8. The number of anilines is 1. The fourth-order valence-corrected chi connectivity index (χ4v) is 7.68. The number of fused-ring (bicyclic) bond motifs is 1. The molecular formula is C30H32N2O5S. The van der Waals surface area contributed by atoms with Crippen LogP contribution >= 0.6 is 0 Å². The number of carbonyl (C=O) groups excluding carboxylic acids is 1. The fourth-order valence-electron chi connectivity index (χ4n) is 5.80. The van der Waals surface area contributed by atoms with E-state index in [-0.39, 0.29) is 24.8 Å². The smallest absolute Gasteiger partial charge is 0.243 e. The molecule has 2 fully saturated rings. The zero-order chi connectivity index (χ0) is 26.7. The number of aryl methyl sites for hydroxylation is 1. The molecule has 198 valence electrons. The Morgan fingerprint density at radius 3 is 2.29 bits per heavy atom. The van der Waals surface area contributed by atoms with Crippen LogP contribution in [0, 0.1) is 6.92 Å². The summed E-state index contributed by atoms with van der Waals surface area (Å²) in [6, 6.07) is 18.6. The third-order valence-corrected chi connectivity index (χ3v) is 10.4. The van der Waals surface area contributed by atoms with Crippen molar-refractivity contribution in [2.24, 2.45) is 0 Å². The molecule has 1 N–H and O–H groups in total. The highest BCUT2D eigenvalue weighted by Gasteiger charge is 2.51. The number of nitrogens with one attached hydrogen (secondary N) is 1. The average Bonchev–Trinajstić information content (AvgIpc) is 3.46. The molecule has 1 saturated heterocycles. The first-order valence-electron chi connectivity index (χ1n) is 13.2. The quantitative estimate of drug-likeness (QED) is 0.445. The van der Waals surface area contributed by atoms with Gasteiger partial charge in [0, 0.05) is 17.8 Å². The van der Waals surface area contributed by atoms with Gasteiger partial charge in [-0.3, -0.25) is 4.79 Å². The minimum Gasteiger partial charge on any atom is -0.454 e. The Balaban J connectivity index is 1.23. The van der Waals surface area contributed by atoms with Crippen molar-refractivity contribution in [2.75, 3.05) is 12.1 Å². The minimum absolute atomic E-state index is 0.00429. The number of ether oxygens (including phenoxy) is 2. The maximum atomic E-state index is 13.4. The van der Waals surface area contributed by atoms with Crippen molar-refractivity contribution in [1.29, 1.82) is 0 Å². The Labute approximate surface area is 223 Å². The van der Waals surface area contributed by atoms with E-state index in [0.717, 1.165) is 47.9 Å². The van der Waals surface area contributed by atoms with Gasteiger partial charge in [0.05, 0.1) is 10.3 Å². The van der Waals surface area contributed by atoms with Crippen LogP contribution in [-0.2, 0) is 20.2 Å². The predicted octanol–water partition coefficient (Wildman–Crippen LogP) is 5.62. The number of hydrogen-bond donors (Lipinski definition) is 1. The Morgan fingerprint density at radius 2 is 1.61 bits per heavy atom. The number of sulfonamides is 1. The van der Waals surface area contributed by atoms with Gasteiger partial charge < -0.3 is 14.8 Å². The molecule has 2 heterocycles. The summed E-state index contributed by atoms with van der Waals surface area (Å²) in [7, 11) is -3.55. The first-order valence-corrected chi connectivity index (χ1v) is 14.6. The molecule has 3 aromatic carbocycles. The maximum absolute atomic E-state index is 13.4. The summed E-state index contributed by atoms with van der Waals surface area (Å²) in [6.07, 6.45) is 3.32. The highest BCUT2D eigenvalue weighted by Crippen LogP contribution is 2.51. The van der Waals surface area contributed by atoms with Gasteiger partial charge in [0.2, 0.25) is 22.7 Å². The highest BCUT2D eigenvalue weighted by atomic mass is 32.2. The van der Waals surface area contributed by atoms with Gasteiger partial charge in [0.25, 0.3) is 0 Å². The van der Waals surface area contributed by atoms with E-state index in [1.165, 1.54) is 0 Å². The molecule has 2 aliphatic heterocycles. The zero-order valence-corrected chi connectivity index (χ0v) is 22.7. The van der Waals surface area contributed by atoms with E-state index in [1.54, 1.807) is 16.4 Å². The molecule has 1 amide bonds. The van der Waals surface area contributed by atoms with Crippen LogP contribution < -0.4 is 14.8 Å². The van der Waals surface area contributed by atoms with Gasteiger partial charge in [-0.15, -0.1) is 0 Å². The van der Waals surface area contributed by atoms with Crippen LogP contribution in [0.5, 0.6) is 11.5 Å². The van der Waals surface area contributed by atoms with E-state index in [9.17, 15) is 13.2 Å². The predicted molar refractivity (Wildman–Crippen MR) is 146 cm³/mol. The molecule has 1 saturated carbocycles.